The van der Waals surface area contributed by atoms with Crippen molar-refractivity contribution in [3.8, 4) is 0 Å². The van der Waals surface area contributed by atoms with Crippen LogP contribution in [0, 0.1) is 5.92 Å². The Balaban J connectivity index is 2.57. The van der Waals surface area contributed by atoms with E-state index in [0.29, 0.717) is 0 Å². The summed E-state index contributed by atoms with van der Waals surface area (Å²) in [6.45, 7) is 0. The SMILES string of the molecule is FC1CCC(C(F)(F)F)C(F)C1. The van der Waals surface area contributed by atoms with Gasteiger partial charge in [-0.15, -0.1) is 0 Å². The first-order valence-electron chi connectivity index (χ1n) is 3.76. The monoisotopic (exact) mass is 188 g/mol. The Morgan fingerprint density at radius 2 is 1.58 bits per heavy atom. The molecule has 0 aromatic carbocycles. The highest BCUT2D eigenvalue weighted by atomic mass is 19.4. The standard InChI is InChI=1S/C7H9F5/c8-4-1-2-5(6(9)3-4)7(10,11)12/h4-6H,1-3H2. The zero-order chi connectivity index (χ0) is 9.35. The van der Waals surface area contributed by atoms with Crippen LogP contribution in [-0.2, 0) is 0 Å². The van der Waals surface area contributed by atoms with Gasteiger partial charge < -0.3 is 0 Å². The van der Waals surface area contributed by atoms with E-state index in [1.807, 2.05) is 0 Å². The molecule has 0 aromatic rings. The van der Waals surface area contributed by atoms with Gasteiger partial charge in [-0.25, -0.2) is 8.78 Å². The van der Waals surface area contributed by atoms with Crippen molar-refractivity contribution in [2.75, 3.05) is 0 Å². The first kappa shape index (κ1) is 9.74. The maximum absolute atomic E-state index is 12.6. The molecule has 3 unspecified atom stereocenters. The first-order valence-corrected chi connectivity index (χ1v) is 3.76. The lowest BCUT2D eigenvalue weighted by Gasteiger charge is -2.29. The molecule has 0 amide bonds. The van der Waals surface area contributed by atoms with Crippen LogP contribution in [0.4, 0.5) is 22.0 Å². The summed E-state index contributed by atoms with van der Waals surface area (Å²) in [5, 5.41) is 0. The lowest BCUT2D eigenvalue weighted by Crippen LogP contribution is -2.37. The second-order valence-electron chi connectivity index (χ2n) is 3.07. The van der Waals surface area contributed by atoms with Crippen molar-refractivity contribution >= 4 is 0 Å². The molecular weight excluding hydrogens is 179 g/mol. The van der Waals surface area contributed by atoms with Crippen molar-refractivity contribution in [2.24, 2.45) is 5.92 Å². The average molecular weight is 188 g/mol. The fourth-order valence-electron chi connectivity index (χ4n) is 1.44. The fourth-order valence-corrected chi connectivity index (χ4v) is 1.44. The Morgan fingerprint density at radius 3 is 2.00 bits per heavy atom. The molecule has 3 atom stereocenters. The summed E-state index contributed by atoms with van der Waals surface area (Å²) in [7, 11) is 0. The smallest absolute Gasteiger partial charge is 0.247 e. The Hall–Kier alpha value is -0.350. The van der Waals surface area contributed by atoms with Crippen molar-refractivity contribution in [2.45, 2.75) is 37.8 Å². The van der Waals surface area contributed by atoms with Crippen LogP contribution in [0.15, 0.2) is 0 Å². The third kappa shape index (κ3) is 2.08. The molecule has 12 heavy (non-hydrogen) atoms. The van der Waals surface area contributed by atoms with E-state index < -0.39 is 37.3 Å². The molecule has 0 radical (unpaired) electrons. The number of hydrogen-bond donors (Lipinski definition) is 0. The van der Waals surface area contributed by atoms with Crippen molar-refractivity contribution in [3.63, 3.8) is 0 Å². The molecule has 1 aliphatic carbocycles. The minimum absolute atomic E-state index is 0.176. The Kier molecular flexibility index (Phi) is 2.58. The van der Waals surface area contributed by atoms with Crippen molar-refractivity contribution in [1.82, 2.24) is 0 Å². The highest BCUT2D eigenvalue weighted by Gasteiger charge is 2.47. The molecule has 0 spiro atoms. The molecule has 0 aromatic heterocycles. The molecule has 1 fully saturated rings. The van der Waals surface area contributed by atoms with Crippen molar-refractivity contribution < 1.29 is 22.0 Å². The lowest BCUT2D eigenvalue weighted by atomic mass is 9.86. The molecule has 0 N–H and O–H groups in total. The zero-order valence-electron chi connectivity index (χ0n) is 6.24. The van der Waals surface area contributed by atoms with Gasteiger partial charge in [0.15, 0.2) is 0 Å². The minimum atomic E-state index is -4.51. The molecule has 0 bridgehead atoms. The molecule has 1 aliphatic rings. The lowest BCUT2D eigenvalue weighted by molar-refractivity contribution is -0.201. The van der Waals surface area contributed by atoms with E-state index in [0.717, 1.165) is 0 Å². The maximum Gasteiger partial charge on any atom is 0.394 e. The summed E-state index contributed by atoms with van der Waals surface area (Å²) in [5.41, 5.74) is 0. The predicted molar refractivity (Wildman–Crippen MR) is 33.2 cm³/mol. The molecule has 5 heteroatoms. The van der Waals surface area contributed by atoms with Crippen LogP contribution in [0.5, 0.6) is 0 Å². The van der Waals surface area contributed by atoms with Gasteiger partial charge in [0.25, 0.3) is 0 Å². The highest BCUT2D eigenvalue weighted by Crippen LogP contribution is 2.39. The summed E-state index contributed by atoms with van der Waals surface area (Å²) in [6, 6.07) is 0. The predicted octanol–water partition coefficient (Wildman–Crippen LogP) is 3.03. The van der Waals surface area contributed by atoms with Gasteiger partial charge in [-0.1, -0.05) is 0 Å². The van der Waals surface area contributed by atoms with Crippen LogP contribution >= 0.6 is 0 Å². The molecule has 0 heterocycles. The van der Waals surface area contributed by atoms with Crippen molar-refractivity contribution in [3.05, 3.63) is 0 Å². The summed E-state index contributed by atoms with van der Waals surface area (Å²) >= 11 is 0. The van der Waals surface area contributed by atoms with Crippen LogP contribution in [-0.4, -0.2) is 18.5 Å². The molecule has 1 rings (SSSR count). The quantitative estimate of drug-likeness (QED) is 0.512. The van der Waals surface area contributed by atoms with Crippen LogP contribution in [0.25, 0.3) is 0 Å². The topological polar surface area (TPSA) is 0 Å². The largest absolute Gasteiger partial charge is 0.394 e. The summed E-state index contributed by atoms with van der Waals surface area (Å²) in [5.74, 6) is -1.95. The van der Waals surface area contributed by atoms with Crippen LogP contribution in [0.2, 0.25) is 0 Å². The second kappa shape index (κ2) is 3.18. The first-order chi connectivity index (χ1) is 5.41. The van der Waals surface area contributed by atoms with E-state index in [9.17, 15) is 22.0 Å². The Bertz CT molecular complexity index is 152. The van der Waals surface area contributed by atoms with Gasteiger partial charge in [0.2, 0.25) is 0 Å². The number of hydrogen-bond acceptors (Lipinski definition) is 0. The van der Waals surface area contributed by atoms with Gasteiger partial charge in [0.1, 0.15) is 12.3 Å². The van der Waals surface area contributed by atoms with Gasteiger partial charge >= 0.3 is 6.18 Å². The van der Waals surface area contributed by atoms with Crippen LogP contribution in [0.1, 0.15) is 19.3 Å². The van der Waals surface area contributed by atoms with Gasteiger partial charge in [0, 0.05) is 6.42 Å². The molecule has 72 valence electrons. The van der Waals surface area contributed by atoms with Crippen LogP contribution in [0.3, 0.4) is 0 Å². The summed E-state index contributed by atoms with van der Waals surface area (Å²) in [6.07, 6.45) is -9.19. The normalized spacial score (nSPS) is 38.2. The zero-order valence-corrected chi connectivity index (χ0v) is 6.24. The van der Waals surface area contributed by atoms with E-state index in [4.69, 9.17) is 0 Å². The number of halogens is 5. The maximum atomic E-state index is 12.6. The second-order valence-corrected chi connectivity index (χ2v) is 3.07. The molecule has 1 saturated carbocycles. The van der Waals surface area contributed by atoms with Crippen LogP contribution < -0.4 is 0 Å². The minimum Gasteiger partial charge on any atom is -0.247 e. The van der Waals surface area contributed by atoms with Crippen molar-refractivity contribution in [1.29, 1.82) is 0 Å². The summed E-state index contributed by atoms with van der Waals surface area (Å²) in [4.78, 5) is 0. The number of rotatable bonds is 0. The highest BCUT2D eigenvalue weighted by molar-refractivity contribution is 4.84. The molecule has 0 aliphatic heterocycles. The van der Waals surface area contributed by atoms with Gasteiger partial charge in [-0.3, -0.25) is 0 Å². The molecule has 0 saturated heterocycles. The Morgan fingerprint density at radius 1 is 1.00 bits per heavy atom. The molecular formula is C7H9F5. The Labute approximate surface area is 66.8 Å². The van der Waals surface area contributed by atoms with E-state index in [1.165, 1.54) is 0 Å². The summed E-state index contributed by atoms with van der Waals surface area (Å²) < 4.78 is 60.9. The van der Waals surface area contributed by atoms with E-state index >= 15 is 0 Å². The number of alkyl halides is 5. The average Bonchev–Trinajstić information content (AvgIpc) is 1.83. The third-order valence-electron chi connectivity index (χ3n) is 2.13. The van der Waals surface area contributed by atoms with E-state index in [1.54, 1.807) is 0 Å². The van der Waals surface area contributed by atoms with Gasteiger partial charge in [0.05, 0.1) is 5.92 Å². The fraction of sp³-hybridized carbons (Fsp3) is 1.00. The molecule has 0 nitrogen and oxygen atoms in total. The van der Waals surface area contributed by atoms with E-state index in [2.05, 4.69) is 0 Å². The van der Waals surface area contributed by atoms with E-state index in [-0.39, 0.29) is 6.42 Å². The van der Waals surface area contributed by atoms with Gasteiger partial charge in [-0.05, 0) is 12.8 Å². The third-order valence-corrected chi connectivity index (χ3v) is 2.13. The van der Waals surface area contributed by atoms with Gasteiger partial charge in [-0.2, -0.15) is 13.2 Å².